The number of alkyl halides is 1. The second-order valence-corrected chi connectivity index (χ2v) is 5.01. The van der Waals surface area contributed by atoms with Crippen LogP contribution in [0.1, 0.15) is 25.7 Å². The molecule has 0 aromatic rings. The quantitative estimate of drug-likeness (QED) is 0.705. The van der Waals surface area contributed by atoms with Crippen LogP contribution in [0.5, 0.6) is 0 Å². The fourth-order valence-corrected chi connectivity index (χ4v) is 2.64. The molecule has 0 saturated carbocycles. The minimum Gasteiger partial charge on any atom is -0.323 e. The number of rotatable bonds is 2. The summed E-state index contributed by atoms with van der Waals surface area (Å²) < 4.78 is 12.7. The largest absolute Gasteiger partial charge is 0.323 e. The summed E-state index contributed by atoms with van der Waals surface area (Å²) in [7, 11) is 0. The monoisotopic (exact) mass is 215 g/mol. The average molecular weight is 215 g/mol. The maximum Gasteiger partial charge on any atom is 0.107 e. The van der Waals surface area contributed by atoms with E-state index in [0.29, 0.717) is 6.04 Å². The van der Waals surface area contributed by atoms with Gasteiger partial charge in [0.05, 0.1) is 0 Å². The van der Waals surface area contributed by atoms with E-state index in [1.54, 1.807) is 0 Å². The second-order valence-electron chi connectivity index (χ2n) is 5.01. The molecule has 0 aliphatic carbocycles. The molecule has 0 aromatic heterocycles. The standard InChI is InChI=1S/C11H22FN3/c12-9-11(13)3-7-15(8-4-11)10-1-5-14-6-2-10/h10,14H,1-9,13H2. The van der Waals surface area contributed by atoms with Gasteiger partial charge in [0.25, 0.3) is 0 Å². The Balaban J connectivity index is 1.82. The average Bonchev–Trinajstić information content (AvgIpc) is 2.31. The van der Waals surface area contributed by atoms with Crippen LogP contribution >= 0.6 is 0 Å². The molecule has 2 fully saturated rings. The summed E-state index contributed by atoms with van der Waals surface area (Å²) in [5.74, 6) is 0. The van der Waals surface area contributed by atoms with Gasteiger partial charge in [-0.3, -0.25) is 0 Å². The van der Waals surface area contributed by atoms with Gasteiger partial charge in [0.1, 0.15) is 6.67 Å². The molecule has 2 saturated heterocycles. The van der Waals surface area contributed by atoms with Gasteiger partial charge in [-0.25, -0.2) is 4.39 Å². The van der Waals surface area contributed by atoms with Gasteiger partial charge in [-0.2, -0.15) is 0 Å². The van der Waals surface area contributed by atoms with E-state index < -0.39 is 5.54 Å². The highest BCUT2D eigenvalue weighted by molar-refractivity contribution is 4.92. The Kier molecular flexibility index (Phi) is 3.59. The van der Waals surface area contributed by atoms with Gasteiger partial charge in [0.2, 0.25) is 0 Å². The van der Waals surface area contributed by atoms with Crippen molar-refractivity contribution in [1.29, 1.82) is 0 Å². The third-order valence-corrected chi connectivity index (χ3v) is 3.89. The number of nitrogens with one attached hydrogen (secondary N) is 1. The first-order chi connectivity index (χ1) is 7.23. The molecular weight excluding hydrogens is 193 g/mol. The van der Waals surface area contributed by atoms with E-state index in [2.05, 4.69) is 10.2 Å². The number of nitrogens with two attached hydrogens (primary N) is 1. The first kappa shape index (κ1) is 11.3. The second kappa shape index (κ2) is 4.76. The van der Waals surface area contributed by atoms with E-state index in [0.717, 1.165) is 39.0 Å². The Morgan fingerprint density at radius 3 is 2.40 bits per heavy atom. The molecule has 4 heteroatoms. The molecule has 2 rings (SSSR count). The van der Waals surface area contributed by atoms with Crippen molar-refractivity contribution in [3.8, 4) is 0 Å². The minimum absolute atomic E-state index is 0.368. The van der Waals surface area contributed by atoms with Crippen LogP contribution in [0.25, 0.3) is 0 Å². The molecule has 0 unspecified atom stereocenters. The smallest absolute Gasteiger partial charge is 0.107 e. The molecule has 0 aromatic carbocycles. The van der Waals surface area contributed by atoms with Crippen molar-refractivity contribution in [2.24, 2.45) is 5.73 Å². The minimum atomic E-state index is -0.524. The van der Waals surface area contributed by atoms with Crippen molar-refractivity contribution in [2.75, 3.05) is 32.9 Å². The van der Waals surface area contributed by atoms with Crippen LogP contribution in [0.3, 0.4) is 0 Å². The van der Waals surface area contributed by atoms with Crippen LogP contribution in [0.4, 0.5) is 4.39 Å². The van der Waals surface area contributed by atoms with Crippen molar-refractivity contribution in [3.63, 3.8) is 0 Å². The van der Waals surface area contributed by atoms with E-state index >= 15 is 0 Å². The molecule has 2 aliphatic rings. The molecule has 88 valence electrons. The highest BCUT2D eigenvalue weighted by Crippen LogP contribution is 2.24. The Morgan fingerprint density at radius 1 is 1.27 bits per heavy atom. The number of halogens is 1. The molecule has 2 aliphatic heterocycles. The van der Waals surface area contributed by atoms with Crippen molar-refractivity contribution in [3.05, 3.63) is 0 Å². The SMILES string of the molecule is NC1(CF)CCN(C2CCNCC2)CC1. The number of piperidine rings is 2. The van der Waals surface area contributed by atoms with Crippen LogP contribution in [-0.2, 0) is 0 Å². The van der Waals surface area contributed by atoms with Gasteiger partial charge in [0.15, 0.2) is 0 Å². The topological polar surface area (TPSA) is 41.3 Å². The van der Waals surface area contributed by atoms with Crippen LogP contribution in [0.15, 0.2) is 0 Å². The summed E-state index contributed by atoms with van der Waals surface area (Å²) in [4.78, 5) is 2.50. The maximum absolute atomic E-state index is 12.7. The van der Waals surface area contributed by atoms with Gasteiger partial charge in [-0.1, -0.05) is 0 Å². The van der Waals surface area contributed by atoms with Crippen LogP contribution < -0.4 is 11.1 Å². The van der Waals surface area contributed by atoms with E-state index in [1.165, 1.54) is 12.8 Å². The molecule has 15 heavy (non-hydrogen) atoms. The van der Waals surface area contributed by atoms with Gasteiger partial charge in [-0.05, 0) is 38.8 Å². The molecule has 0 bridgehead atoms. The highest BCUT2D eigenvalue weighted by atomic mass is 19.1. The summed E-state index contributed by atoms with van der Waals surface area (Å²) in [5, 5.41) is 3.37. The number of likely N-dealkylation sites (tertiary alicyclic amines) is 1. The summed E-state index contributed by atoms with van der Waals surface area (Å²) in [6, 6.07) is 0.704. The predicted molar refractivity (Wildman–Crippen MR) is 59.6 cm³/mol. The van der Waals surface area contributed by atoms with Gasteiger partial charge >= 0.3 is 0 Å². The third-order valence-electron chi connectivity index (χ3n) is 3.89. The molecule has 0 amide bonds. The fourth-order valence-electron chi connectivity index (χ4n) is 2.64. The van der Waals surface area contributed by atoms with Crippen LogP contribution in [0.2, 0.25) is 0 Å². The summed E-state index contributed by atoms with van der Waals surface area (Å²) >= 11 is 0. The van der Waals surface area contributed by atoms with Crippen molar-refractivity contribution >= 4 is 0 Å². The normalized spacial score (nSPS) is 29.2. The summed E-state index contributed by atoms with van der Waals surface area (Å²) in [5.41, 5.74) is 5.41. The molecule has 3 N–H and O–H groups in total. The Bertz CT molecular complexity index is 196. The molecule has 0 spiro atoms. The van der Waals surface area contributed by atoms with Crippen molar-refractivity contribution in [1.82, 2.24) is 10.2 Å². The van der Waals surface area contributed by atoms with Crippen LogP contribution in [-0.4, -0.2) is 49.3 Å². The molecule has 3 nitrogen and oxygen atoms in total. The zero-order valence-electron chi connectivity index (χ0n) is 9.34. The fraction of sp³-hybridized carbons (Fsp3) is 1.00. The molecule has 0 atom stereocenters. The van der Waals surface area contributed by atoms with Gasteiger partial charge in [0, 0.05) is 24.7 Å². The van der Waals surface area contributed by atoms with E-state index in [1.807, 2.05) is 0 Å². The van der Waals surface area contributed by atoms with E-state index in [-0.39, 0.29) is 6.67 Å². The highest BCUT2D eigenvalue weighted by Gasteiger charge is 2.33. The van der Waals surface area contributed by atoms with Crippen LogP contribution in [0, 0.1) is 0 Å². The zero-order valence-corrected chi connectivity index (χ0v) is 9.34. The molecule has 2 heterocycles. The van der Waals surface area contributed by atoms with Gasteiger partial charge < -0.3 is 16.0 Å². The Labute approximate surface area is 91.2 Å². The number of hydrogen-bond acceptors (Lipinski definition) is 3. The molecule has 0 radical (unpaired) electrons. The lowest BCUT2D eigenvalue weighted by molar-refractivity contribution is 0.0878. The zero-order chi connectivity index (χ0) is 10.7. The van der Waals surface area contributed by atoms with E-state index in [4.69, 9.17) is 5.73 Å². The third kappa shape index (κ3) is 2.68. The predicted octanol–water partition coefficient (Wildman–Crippen LogP) is 0.501. The number of hydrogen-bond donors (Lipinski definition) is 2. The van der Waals surface area contributed by atoms with Gasteiger partial charge in [-0.15, -0.1) is 0 Å². The van der Waals surface area contributed by atoms with Crippen molar-refractivity contribution < 1.29 is 4.39 Å². The van der Waals surface area contributed by atoms with Crippen molar-refractivity contribution in [2.45, 2.75) is 37.3 Å². The first-order valence-corrected chi connectivity index (χ1v) is 6.03. The van der Waals surface area contributed by atoms with E-state index in [9.17, 15) is 4.39 Å². The Morgan fingerprint density at radius 2 is 1.87 bits per heavy atom. The maximum atomic E-state index is 12.7. The lowest BCUT2D eigenvalue weighted by Gasteiger charge is -2.42. The Hall–Kier alpha value is -0.190. The first-order valence-electron chi connectivity index (χ1n) is 6.03. The summed E-state index contributed by atoms with van der Waals surface area (Å²) in [6.07, 6.45) is 4.08. The summed E-state index contributed by atoms with van der Waals surface area (Å²) in [6.45, 7) is 3.83. The lowest BCUT2D eigenvalue weighted by atomic mass is 9.88. The molecular formula is C11H22FN3. The lowest BCUT2D eigenvalue weighted by Crippen LogP contribution is -2.55. The number of nitrogens with zero attached hydrogens (tertiary/aromatic N) is 1.